The Morgan fingerprint density at radius 2 is 2.12 bits per heavy atom. The number of nitrogens with zero attached hydrogens (tertiary/aromatic N) is 1. The Balaban J connectivity index is 1.97. The van der Waals surface area contributed by atoms with Crippen LogP contribution in [0, 0.1) is 18.8 Å². The van der Waals surface area contributed by atoms with E-state index in [1.165, 1.54) is 12.1 Å². The van der Waals surface area contributed by atoms with E-state index in [0.29, 0.717) is 0 Å². The SMILES string of the molecule is [CH2]NC(=O)C1CCN(c2cccc(F)c2)CC1. The van der Waals surface area contributed by atoms with Crippen LogP contribution in [0.25, 0.3) is 0 Å². The molecular formula is C13H16FN2O. The van der Waals surface area contributed by atoms with Gasteiger partial charge in [-0.05, 0) is 31.0 Å². The number of hydrogen-bond donors (Lipinski definition) is 1. The molecular weight excluding hydrogens is 219 g/mol. The molecule has 4 heteroatoms. The first-order chi connectivity index (χ1) is 8.20. The van der Waals surface area contributed by atoms with Crippen LogP contribution in [-0.2, 0) is 4.79 Å². The van der Waals surface area contributed by atoms with Crippen molar-refractivity contribution in [3.8, 4) is 0 Å². The van der Waals surface area contributed by atoms with Crippen molar-refractivity contribution in [1.29, 1.82) is 0 Å². The lowest BCUT2D eigenvalue weighted by Crippen LogP contribution is -2.39. The second-order valence-electron chi connectivity index (χ2n) is 4.28. The van der Waals surface area contributed by atoms with Crippen molar-refractivity contribution >= 4 is 11.6 Å². The molecule has 1 amide bonds. The average molecular weight is 235 g/mol. The third-order valence-electron chi connectivity index (χ3n) is 3.21. The fourth-order valence-electron chi connectivity index (χ4n) is 2.22. The van der Waals surface area contributed by atoms with Gasteiger partial charge in [-0.2, -0.15) is 0 Å². The molecule has 1 saturated heterocycles. The topological polar surface area (TPSA) is 32.3 Å². The molecule has 0 unspecified atom stereocenters. The first kappa shape index (κ1) is 11.9. The van der Waals surface area contributed by atoms with Crippen molar-refractivity contribution in [1.82, 2.24) is 5.32 Å². The standard InChI is InChI=1S/C13H16FN2O/c1-15-13(17)10-5-7-16(8-6-10)12-4-2-3-11(14)9-12/h2-4,9-10H,1,5-8H2,(H,15,17). The number of amides is 1. The van der Waals surface area contributed by atoms with Gasteiger partial charge in [0.25, 0.3) is 0 Å². The van der Waals surface area contributed by atoms with Crippen LogP contribution in [-0.4, -0.2) is 19.0 Å². The molecule has 0 aromatic heterocycles. The van der Waals surface area contributed by atoms with E-state index in [1.807, 2.05) is 6.07 Å². The van der Waals surface area contributed by atoms with Crippen molar-refractivity contribution < 1.29 is 9.18 Å². The molecule has 1 heterocycles. The minimum absolute atomic E-state index is 0.00360. The number of hydrogen-bond acceptors (Lipinski definition) is 2. The van der Waals surface area contributed by atoms with E-state index < -0.39 is 0 Å². The van der Waals surface area contributed by atoms with E-state index in [1.54, 1.807) is 6.07 Å². The highest BCUT2D eigenvalue weighted by atomic mass is 19.1. The van der Waals surface area contributed by atoms with Gasteiger partial charge in [0.15, 0.2) is 0 Å². The van der Waals surface area contributed by atoms with Crippen molar-refractivity contribution in [3.63, 3.8) is 0 Å². The van der Waals surface area contributed by atoms with Gasteiger partial charge in [0.1, 0.15) is 5.82 Å². The van der Waals surface area contributed by atoms with Gasteiger partial charge in [-0.3, -0.25) is 4.79 Å². The lowest BCUT2D eigenvalue weighted by Gasteiger charge is -2.32. The molecule has 1 N–H and O–H groups in total. The first-order valence-corrected chi connectivity index (χ1v) is 5.78. The van der Waals surface area contributed by atoms with Crippen molar-refractivity contribution in [3.05, 3.63) is 37.1 Å². The summed E-state index contributed by atoms with van der Waals surface area (Å²) in [5, 5.41) is 2.43. The number of carbonyl (C=O) groups is 1. The minimum atomic E-state index is -0.222. The van der Waals surface area contributed by atoms with Crippen LogP contribution in [0.3, 0.4) is 0 Å². The predicted octanol–water partition coefficient (Wildman–Crippen LogP) is 1.95. The van der Waals surface area contributed by atoms with E-state index in [4.69, 9.17) is 0 Å². The summed E-state index contributed by atoms with van der Waals surface area (Å²) in [7, 11) is 3.39. The van der Waals surface area contributed by atoms with Gasteiger partial charge < -0.3 is 10.2 Å². The summed E-state index contributed by atoms with van der Waals surface area (Å²) >= 11 is 0. The zero-order valence-corrected chi connectivity index (χ0v) is 9.66. The Hall–Kier alpha value is -1.58. The third kappa shape index (κ3) is 2.75. The summed E-state index contributed by atoms with van der Waals surface area (Å²) in [5.74, 6) is -0.179. The summed E-state index contributed by atoms with van der Waals surface area (Å²) in [6.07, 6.45) is 1.58. The van der Waals surface area contributed by atoms with Gasteiger partial charge >= 0.3 is 0 Å². The fraction of sp³-hybridized carbons (Fsp3) is 0.385. The Morgan fingerprint density at radius 3 is 2.71 bits per heavy atom. The number of carbonyl (C=O) groups excluding carboxylic acids is 1. The monoisotopic (exact) mass is 235 g/mol. The van der Waals surface area contributed by atoms with Gasteiger partial charge in [-0.1, -0.05) is 6.07 Å². The number of anilines is 1. The largest absolute Gasteiger partial charge is 0.371 e. The van der Waals surface area contributed by atoms with E-state index in [-0.39, 0.29) is 17.6 Å². The quantitative estimate of drug-likeness (QED) is 0.849. The molecule has 0 atom stereocenters. The number of halogens is 1. The molecule has 2 rings (SSSR count). The van der Waals surface area contributed by atoms with Crippen molar-refractivity contribution in [2.75, 3.05) is 18.0 Å². The van der Waals surface area contributed by atoms with E-state index in [2.05, 4.69) is 17.3 Å². The predicted molar refractivity (Wildman–Crippen MR) is 64.8 cm³/mol. The van der Waals surface area contributed by atoms with Crippen LogP contribution in [0.15, 0.2) is 24.3 Å². The van der Waals surface area contributed by atoms with Gasteiger partial charge in [0, 0.05) is 31.7 Å². The zero-order chi connectivity index (χ0) is 12.3. The number of nitrogens with one attached hydrogen (secondary N) is 1. The summed E-state index contributed by atoms with van der Waals surface area (Å²) < 4.78 is 13.1. The molecule has 1 aliphatic heterocycles. The average Bonchev–Trinajstić information content (AvgIpc) is 2.38. The Labute approximate surface area is 101 Å². The Morgan fingerprint density at radius 1 is 1.41 bits per heavy atom. The highest BCUT2D eigenvalue weighted by molar-refractivity contribution is 5.79. The van der Waals surface area contributed by atoms with Gasteiger partial charge in [0.2, 0.25) is 5.91 Å². The lowest BCUT2D eigenvalue weighted by molar-refractivity contribution is -0.124. The highest BCUT2D eigenvalue weighted by Gasteiger charge is 2.24. The maximum Gasteiger partial charge on any atom is 0.223 e. The summed E-state index contributed by atoms with van der Waals surface area (Å²) in [5.41, 5.74) is 0.887. The molecule has 0 aliphatic carbocycles. The molecule has 1 aromatic rings. The van der Waals surface area contributed by atoms with Crippen LogP contribution in [0.5, 0.6) is 0 Å². The third-order valence-corrected chi connectivity index (χ3v) is 3.21. The molecule has 1 radical (unpaired) electrons. The molecule has 17 heavy (non-hydrogen) atoms. The molecule has 1 aromatic carbocycles. The fourth-order valence-corrected chi connectivity index (χ4v) is 2.22. The van der Waals surface area contributed by atoms with E-state index >= 15 is 0 Å². The molecule has 0 spiro atoms. The van der Waals surface area contributed by atoms with E-state index in [9.17, 15) is 9.18 Å². The maximum atomic E-state index is 13.1. The molecule has 0 saturated carbocycles. The first-order valence-electron chi connectivity index (χ1n) is 5.78. The van der Waals surface area contributed by atoms with Crippen molar-refractivity contribution in [2.24, 2.45) is 5.92 Å². The van der Waals surface area contributed by atoms with E-state index in [0.717, 1.165) is 31.6 Å². The Bertz CT molecular complexity index is 400. The number of piperidine rings is 1. The van der Waals surface area contributed by atoms with Gasteiger partial charge in [-0.15, -0.1) is 0 Å². The van der Waals surface area contributed by atoms with Gasteiger partial charge in [0.05, 0.1) is 0 Å². The van der Waals surface area contributed by atoms with Crippen LogP contribution in [0.1, 0.15) is 12.8 Å². The second kappa shape index (κ2) is 5.17. The van der Waals surface area contributed by atoms with Crippen LogP contribution < -0.4 is 10.2 Å². The number of rotatable bonds is 2. The molecule has 1 aliphatic rings. The summed E-state index contributed by atoms with van der Waals surface area (Å²) in [6.45, 7) is 1.56. The molecule has 1 fully saturated rings. The molecule has 0 bridgehead atoms. The van der Waals surface area contributed by atoms with Crippen LogP contribution >= 0.6 is 0 Å². The molecule has 3 nitrogen and oxygen atoms in total. The minimum Gasteiger partial charge on any atom is -0.371 e. The van der Waals surface area contributed by atoms with Crippen LogP contribution in [0.4, 0.5) is 10.1 Å². The van der Waals surface area contributed by atoms with Crippen LogP contribution in [0.2, 0.25) is 0 Å². The number of benzene rings is 1. The lowest BCUT2D eigenvalue weighted by atomic mass is 9.95. The second-order valence-corrected chi connectivity index (χ2v) is 4.28. The maximum absolute atomic E-state index is 13.1. The summed E-state index contributed by atoms with van der Waals surface area (Å²) in [4.78, 5) is 13.5. The summed E-state index contributed by atoms with van der Waals surface area (Å²) in [6, 6.07) is 6.57. The molecule has 91 valence electrons. The van der Waals surface area contributed by atoms with Gasteiger partial charge in [-0.25, -0.2) is 4.39 Å². The Kier molecular flexibility index (Phi) is 3.61. The highest BCUT2D eigenvalue weighted by Crippen LogP contribution is 2.23. The van der Waals surface area contributed by atoms with Crippen molar-refractivity contribution in [2.45, 2.75) is 12.8 Å². The normalized spacial score (nSPS) is 16.9. The zero-order valence-electron chi connectivity index (χ0n) is 9.66. The smallest absolute Gasteiger partial charge is 0.223 e.